The molecule has 1 atom stereocenters. The summed E-state index contributed by atoms with van der Waals surface area (Å²) in [5.41, 5.74) is 0. The fraction of sp³-hybridized carbons (Fsp3) is 0.909. The molecule has 1 saturated heterocycles. The average Bonchev–Trinajstić information content (AvgIpc) is 2.21. The van der Waals surface area contributed by atoms with Crippen LogP contribution in [0.1, 0.15) is 39.0 Å². The van der Waals surface area contributed by atoms with Gasteiger partial charge in [0.15, 0.2) is 0 Å². The van der Waals surface area contributed by atoms with Crippen molar-refractivity contribution in [1.82, 2.24) is 9.96 Å². The van der Waals surface area contributed by atoms with Crippen molar-refractivity contribution >= 4 is 5.91 Å². The third kappa shape index (κ3) is 3.80. The molecule has 1 aliphatic heterocycles. The zero-order chi connectivity index (χ0) is 11.3. The summed E-state index contributed by atoms with van der Waals surface area (Å²) >= 11 is 0. The first-order valence-corrected chi connectivity index (χ1v) is 5.84. The summed E-state index contributed by atoms with van der Waals surface area (Å²) in [4.78, 5) is 13.7. The van der Waals surface area contributed by atoms with E-state index in [2.05, 4.69) is 6.92 Å². The third-order valence-corrected chi connectivity index (χ3v) is 3.06. The van der Waals surface area contributed by atoms with Gasteiger partial charge in [0, 0.05) is 32.6 Å². The van der Waals surface area contributed by atoms with Crippen LogP contribution < -0.4 is 0 Å². The minimum Gasteiger partial charge on any atom is -0.340 e. The number of hydrogen-bond donors (Lipinski definition) is 1. The van der Waals surface area contributed by atoms with E-state index in [4.69, 9.17) is 5.21 Å². The molecule has 1 heterocycles. The maximum absolute atomic E-state index is 11.7. The first kappa shape index (κ1) is 12.5. The Morgan fingerprint density at radius 1 is 1.53 bits per heavy atom. The number of carbonyl (C=O) groups is 1. The van der Waals surface area contributed by atoms with Crippen LogP contribution in [0.4, 0.5) is 0 Å². The molecule has 4 nitrogen and oxygen atoms in total. The normalized spacial score (nSPS) is 19.7. The first-order valence-electron chi connectivity index (χ1n) is 5.84. The van der Waals surface area contributed by atoms with E-state index in [9.17, 15) is 4.79 Å². The zero-order valence-electron chi connectivity index (χ0n) is 9.78. The van der Waals surface area contributed by atoms with E-state index in [0.717, 1.165) is 32.2 Å². The number of amides is 1. The molecule has 0 aromatic carbocycles. The largest absolute Gasteiger partial charge is 0.340 e. The Labute approximate surface area is 91.8 Å². The molecule has 1 aliphatic rings. The van der Waals surface area contributed by atoms with Gasteiger partial charge in [0.25, 0.3) is 0 Å². The molecule has 15 heavy (non-hydrogen) atoms. The Bertz CT molecular complexity index is 207. The van der Waals surface area contributed by atoms with Gasteiger partial charge in [-0.2, -0.15) is 5.06 Å². The lowest BCUT2D eigenvalue weighted by molar-refractivity contribution is -0.137. The highest BCUT2D eigenvalue weighted by atomic mass is 16.5. The maximum atomic E-state index is 11.7. The molecule has 88 valence electrons. The van der Waals surface area contributed by atoms with E-state index in [1.165, 1.54) is 5.06 Å². The van der Waals surface area contributed by atoms with Crippen LogP contribution in [0.2, 0.25) is 0 Å². The van der Waals surface area contributed by atoms with Gasteiger partial charge in [-0.1, -0.05) is 6.92 Å². The number of likely N-dealkylation sites (tertiary alicyclic amines) is 1. The smallest absolute Gasteiger partial charge is 0.222 e. The van der Waals surface area contributed by atoms with Crippen molar-refractivity contribution in [1.29, 1.82) is 0 Å². The molecule has 1 unspecified atom stereocenters. The molecule has 1 rings (SSSR count). The Morgan fingerprint density at radius 2 is 2.27 bits per heavy atom. The fourth-order valence-electron chi connectivity index (χ4n) is 2.13. The van der Waals surface area contributed by atoms with E-state index >= 15 is 0 Å². The van der Waals surface area contributed by atoms with Gasteiger partial charge in [-0.25, -0.2) is 0 Å². The fourth-order valence-corrected chi connectivity index (χ4v) is 2.13. The lowest BCUT2D eigenvalue weighted by atomic mass is 10.0. The van der Waals surface area contributed by atoms with E-state index < -0.39 is 0 Å². The summed E-state index contributed by atoms with van der Waals surface area (Å²) in [7, 11) is 1.64. The monoisotopic (exact) mass is 214 g/mol. The summed E-state index contributed by atoms with van der Waals surface area (Å²) in [5, 5.41) is 10.3. The van der Waals surface area contributed by atoms with Gasteiger partial charge in [0.1, 0.15) is 0 Å². The summed E-state index contributed by atoms with van der Waals surface area (Å²) in [6, 6.07) is 0.299. The second-order valence-corrected chi connectivity index (χ2v) is 4.28. The van der Waals surface area contributed by atoms with E-state index in [1.54, 1.807) is 7.05 Å². The quantitative estimate of drug-likeness (QED) is 0.705. The van der Waals surface area contributed by atoms with Crippen LogP contribution in [0.5, 0.6) is 0 Å². The van der Waals surface area contributed by atoms with Crippen LogP contribution in [0.25, 0.3) is 0 Å². The van der Waals surface area contributed by atoms with Crippen LogP contribution in [-0.2, 0) is 4.79 Å². The van der Waals surface area contributed by atoms with Gasteiger partial charge in [-0.15, -0.1) is 0 Å². The topological polar surface area (TPSA) is 43.8 Å². The van der Waals surface area contributed by atoms with Crippen molar-refractivity contribution in [3.8, 4) is 0 Å². The van der Waals surface area contributed by atoms with Gasteiger partial charge >= 0.3 is 0 Å². The van der Waals surface area contributed by atoms with E-state index in [1.807, 2.05) is 4.90 Å². The predicted octanol–water partition coefficient (Wildman–Crippen LogP) is 1.49. The molecule has 0 aromatic rings. The van der Waals surface area contributed by atoms with Crippen LogP contribution in [-0.4, -0.2) is 47.3 Å². The van der Waals surface area contributed by atoms with Crippen molar-refractivity contribution < 1.29 is 10.0 Å². The Balaban J connectivity index is 2.44. The lowest BCUT2D eigenvalue weighted by Crippen LogP contribution is -2.44. The number of piperidine rings is 1. The van der Waals surface area contributed by atoms with Crippen LogP contribution in [0.3, 0.4) is 0 Å². The number of nitrogens with zero attached hydrogens (tertiary/aromatic N) is 2. The van der Waals surface area contributed by atoms with Crippen LogP contribution in [0.15, 0.2) is 0 Å². The molecule has 1 amide bonds. The maximum Gasteiger partial charge on any atom is 0.222 e. The van der Waals surface area contributed by atoms with Crippen LogP contribution >= 0.6 is 0 Å². The standard InChI is InChI=1S/C11H22N2O2/c1-3-10(7-9-12(2)15)13-8-5-4-6-11(13)14/h10,15H,3-9H2,1-2H3. The summed E-state index contributed by atoms with van der Waals surface area (Å²) < 4.78 is 0. The van der Waals surface area contributed by atoms with Gasteiger partial charge in [0.2, 0.25) is 5.91 Å². The molecule has 1 fully saturated rings. The van der Waals surface area contributed by atoms with Crippen molar-refractivity contribution in [2.24, 2.45) is 0 Å². The molecule has 4 heteroatoms. The lowest BCUT2D eigenvalue weighted by Gasteiger charge is -2.34. The van der Waals surface area contributed by atoms with Gasteiger partial charge in [-0.05, 0) is 25.7 Å². The minimum absolute atomic E-state index is 0.286. The van der Waals surface area contributed by atoms with Crippen molar-refractivity contribution in [3.63, 3.8) is 0 Å². The number of carbonyl (C=O) groups excluding carboxylic acids is 1. The first-order chi connectivity index (χ1) is 7.15. The molecule has 0 aliphatic carbocycles. The summed E-state index contributed by atoms with van der Waals surface area (Å²) in [5.74, 6) is 0.286. The highest BCUT2D eigenvalue weighted by molar-refractivity contribution is 5.77. The Morgan fingerprint density at radius 3 is 2.80 bits per heavy atom. The van der Waals surface area contributed by atoms with Crippen molar-refractivity contribution in [2.75, 3.05) is 20.1 Å². The van der Waals surface area contributed by atoms with Crippen molar-refractivity contribution in [3.05, 3.63) is 0 Å². The Hall–Kier alpha value is -0.610. The summed E-state index contributed by atoms with van der Waals surface area (Å²) in [6.07, 6.45) is 4.68. The average molecular weight is 214 g/mol. The Kier molecular flexibility index (Phi) is 5.05. The van der Waals surface area contributed by atoms with Gasteiger partial charge < -0.3 is 10.1 Å². The van der Waals surface area contributed by atoms with Gasteiger partial charge in [0.05, 0.1) is 0 Å². The minimum atomic E-state index is 0.286. The number of hydroxylamine groups is 2. The highest BCUT2D eigenvalue weighted by Crippen LogP contribution is 2.17. The molecule has 0 radical (unpaired) electrons. The van der Waals surface area contributed by atoms with Crippen molar-refractivity contribution in [2.45, 2.75) is 45.1 Å². The SMILES string of the molecule is CCC(CCN(C)O)N1CCCCC1=O. The highest BCUT2D eigenvalue weighted by Gasteiger charge is 2.24. The summed E-state index contributed by atoms with van der Waals surface area (Å²) in [6.45, 7) is 3.62. The molecule has 0 aromatic heterocycles. The van der Waals surface area contributed by atoms with E-state index in [0.29, 0.717) is 19.0 Å². The number of rotatable bonds is 5. The molecule has 0 bridgehead atoms. The zero-order valence-corrected chi connectivity index (χ0v) is 9.78. The molecule has 0 saturated carbocycles. The van der Waals surface area contributed by atoms with E-state index in [-0.39, 0.29) is 5.91 Å². The van der Waals surface area contributed by atoms with Gasteiger partial charge in [-0.3, -0.25) is 4.79 Å². The number of hydrogen-bond acceptors (Lipinski definition) is 3. The molecule has 1 N–H and O–H groups in total. The predicted molar refractivity (Wildman–Crippen MR) is 58.7 cm³/mol. The molecular formula is C11H22N2O2. The second kappa shape index (κ2) is 6.08. The molecule has 0 spiro atoms. The molecular weight excluding hydrogens is 192 g/mol. The third-order valence-electron chi connectivity index (χ3n) is 3.06. The second-order valence-electron chi connectivity index (χ2n) is 4.28. The van der Waals surface area contributed by atoms with Crippen LogP contribution in [0, 0.1) is 0 Å².